The Labute approximate surface area is 76.7 Å². The molecular formula is C10H11NO2. The summed E-state index contributed by atoms with van der Waals surface area (Å²) >= 11 is 0. The number of fused-ring (bicyclic) bond motifs is 1. The van der Waals surface area contributed by atoms with Crippen LogP contribution in [0.3, 0.4) is 0 Å². The largest absolute Gasteiger partial charge is 0.489 e. The van der Waals surface area contributed by atoms with E-state index in [0.717, 1.165) is 23.3 Å². The second kappa shape index (κ2) is 3.09. The van der Waals surface area contributed by atoms with Gasteiger partial charge in [0.25, 0.3) is 0 Å². The van der Waals surface area contributed by atoms with E-state index in [1.807, 2.05) is 25.1 Å². The van der Waals surface area contributed by atoms with Crippen LogP contribution in [-0.2, 0) is 4.79 Å². The summed E-state index contributed by atoms with van der Waals surface area (Å²) in [5, 5.41) is 3.09. The Balaban J connectivity index is 2.32. The number of ether oxygens (including phenoxy) is 1. The number of aldehydes is 1. The van der Waals surface area contributed by atoms with Gasteiger partial charge in [0.15, 0.2) is 0 Å². The lowest BCUT2D eigenvalue weighted by atomic mass is 10.1. The zero-order valence-corrected chi connectivity index (χ0v) is 7.41. The van der Waals surface area contributed by atoms with Crippen LogP contribution in [0.5, 0.6) is 5.75 Å². The fourth-order valence-electron chi connectivity index (χ4n) is 1.38. The maximum Gasteiger partial charge on any atom is 0.145 e. The van der Waals surface area contributed by atoms with Crippen LogP contribution in [0.1, 0.15) is 5.56 Å². The molecule has 0 aliphatic carbocycles. The molecule has 0 bridgehead atoms. The standard InChI is InChI=1S/C10H11NO2/c1-7-2-3-10-9(4-7)11-8(5-12)6-13-10/h2-5,8,11H,6H2,1H3. The molecule has 0 aromatic heterocycles. The average molecular weight is 177 g/mol. The molecule has 1 heterocycles. The SMILES string of the molecule is Cc1ccc2c(c1)NC(C=O)CO2. The van der Waals surface area contributed by atoms with Crippen LogP contribution < -0.4 is 10.1 Å². The van der Waals surface area contributed by atoms with Crippen molar-refractivity contribution in [2.45, 2.75) is 13.0 Å². The molecule has 3 heteroatoms. The average Bonchev–Trinajstić information content (AvgIpc) is 2.16. The van der Waals surface area contributed by atoms with Crippen LogP contribution in [0.15, 0.2) is 18.2 Å². The number of hydrogen-bond acceptors (Lipinski definition) is 3. The highest BCUT2D eigenvalue weighted by molar-refractivity contribution is 5.70. The fraction of sp³-hybridized carbons (Fsp3) is 0.300. The Kier molecular flexibility index (Phi) is 1.93. The maximum atomic E-state index is 10.5. The number of carbonyl (C=O) groups is 1. The summed E-state index contributed by atoms with van der Waals surface area (Å²) < 4.78 is 5.39. The quantitative estimate of drug-likeness (QED) is 0.658. The van der Waals surface area contributed by atoms with Gasteiger partial charge in [-0.1, -0.05) is 6.07 Å². The Morgan fingerprint density at radius 2 is 2.46 bits per heavy atom. The molecule has 13 heavy (non-hydrogen) atoms. The van der Waals surface area contributed by atoms with Crippen LogP contribution in [0, 0.1) is 6.92 Å². The first-order chi connectivity index (χ1) is 6.29. The highest BCUT2D eigenvalue weighted by Gasteiger charge is 2.17. The zero-order valence-electron chi connectivity index (χ0n) is 7.41. The second-order valence-corrected chi connectivity index (χ2v) is 3.20. The summed E-state index contributed by atoms with van der Waals surface area (Å²) in [5.41, 5.74) is 2.06. The number of carbonyl (C=O) groups excluding carboxylic acids is 1. The third-order valence-electron chi connectivity index (χ3n) is 2.06. The number of rotatable bonds is 1. The molecule has 0 amide bonds. The van der Waals surface area contributed by atoms with Crippen molar-refractivity contribution < 1.29 is 9.53 Å². The first-order valence-electron chi connectivity index (χ1n) is 4.25. The molecule has 0 saturated carbocycles. The molecule has 1 aromatic carbocycles. The van der Waals surface area contributed by atoms with E-state index in [0.29, 0.717) is 6.61 Å². The van der Waals surface area contributed by atoms with Crippen molar-refractivity contribution in [1.82, 2.24) is 0 Å². The third kappa shape index (κ3) is 1.49. The van der Waals surface area contributed by atoms with Crippen molar-refractivity contribution in [3.8, 4) is 5.75 Å². The Morgan fingerprint density at radius 1 is 1.62 bits per heavy atom. The molecule has 0 spiro atoms. The smallest absolute Gasteiger partial charge is 0.145 e. The van der Waals surface area contributed by atoms with Crippen molar-refractivity contribution >= 4 is 12.0 Å². The Morgan fingerprint density at radius 3 is 3.23 bits per heavy atom. The summed E-state index contributed by atoms with van der Waals surface area (Å²) in [4.78, 5) is 10.5. The van der Waals surface area contributed by atoms with E-state index in [1.165, 1.54) is 0 Å². The Hall–Kier alpha value is -1.51. The number of nitrogens with one attached hydrogen (secondary N) is 1. The van der Waals surface area contributed by atoms with Crippen LogP contribution in [-0.4, -0.2) is 18.9 Å². The van der Waals surface area contributed by atoms with Gasteiger partial charge in [-0.15, -0.1) is 0 Å². The summed E-state index contributed by atoms with van der Waals surface area (Å²) in [6, 6.07) is 5.67. The van der Waals surface area contributed by atoms with E-state index < -0.39 is 0 Å². The fourth-order valence-corrected chi connectivity index (χ4v) is 1.38. The molecule has 2 rings (SSSR count). The molecule has 1 aromatic rings. The second-order valence-electron chi connectivity index (χ2n) is 3.20. The van der Waals surface area contributed by atoms with Gasteiger partial charge >= 0.3 is 0 Å². The van der Waals surface area contributed by atoms with Gasteiger partial charge in [-0.3, -0.25) is 0 Å². The van der Waals surface area contributed by atoms with E-state index >= 15 is 0 Å². The van der Waals surface area contributed by atoms with Gasteiger partial charge in [0.2, 0.25) is 0 Å². The normalized spacial score (nSPS) is 19.6. The molecule has 1 N–H and O–H groups in total. The summed E-state index contributed by atoms with van der Waals surface area (Å²) in [5.74, 6) is 0.823. The van der Waals surface area contributed by atoms with E-state index in [9.17, 15) is 4.79 Å². The van der Waals surface area contributed by atoms with Gasteiger partial charge < -0.3 is 14.8 Å². The first-order valence-corrected chi connectivity index (χ1v) is 4.25. The molecule has 1 atom stereocenters. The Bertz CT molecular complexity index is 336. The molecule has 1 unspecified atom stereocenters. The van der Waals surface area contributed by atoms with Crippen molar-refractivity contribution in [3.63, 3.8) is 0 Å². The van der Waals surface area contributed by atoms with Crippen molar-refractivity contribution in [1.29, 1.82) is 0 Å². The minimum Gasteiger partial charge on any atom is -0.489 e. The highest BCUT2D eigenvalue weighted by atomic mass is 16.5. The number of anilines is 1. The first kappa shape index (κ1) is 8.10. The molecule has 3 nitrogen and oxygen atoms in total. The molecule has 1 aliphatic rings. The predicted octanol–water partition coefficient (Wildman–Crippen LogP) is 1.37. The summed E-state index contributed by atoms with van der Waals surface area (Å²) in [6.07, 6.45) is 0.866. The van der Waals surface area contributed by atoms with E-state index in [4.69, 9.17) is 4.74 Å². The summed E-state index contributed by atoms with van der Waals surface area (Å²) in [7, 11) is 0. The minimum atomic E-state index is -0.214. The van der Waals surface area contributed by atoms with Gasteiger partial charge in [-0.05, 0) is 24.6 Å². The lowest BCUT2D eigenvalue weighted by Crippen LogP contribution is -2.32. The molecule has 68 valence electrons. The summed E-state index contributed by atoms with van der Waals surface area (Å²) in [6.45, 7) is 2.42. The lowest BCUT2D eigenvalue weighted by Gasteiger charge is -2.23. The van der Waals surface area contributed by atoms with E-state index in [-0.39, 0.29) is 6.04 Å². The van der Waals surface area contributed by atoms with Crippen molar-refractivity contribution in [3.05, 3.63) is 23.8 Å². The third-order valence-corrected chi connectivity index (χ3v) is 2.06. The van der Waals surface area contributed by atoms with Crippen LogP contribution in [0.2, 0.25) is 0 Å². The van der Waals surface area contributed by atoms with Gasteiger partial charge in [0.05, 0.1) is 5.69 Å². The number of aryl methyl sites for hydroxylation is 1. The molecule has 1 aliphatic heterocycles. The minimum absolute atomic E-state index is 0.214. The van der Waals surface area contributed by atoms with Crippen molar-refractivity contribution in [2.75, 3.05) is 11.9 Å². The predicted molar refractivity (Wildman–Crippen MR) is 50.1 cm³/mol. The topological polar surface area (TPSA) is 38.3 Å². The lowest BCUT2D eigenvalue weighted by molar-refractivity contribution is -0.109. The molecule has 0 fully saturated rings. The molecule has 0 saturated heterocycles. The van der Waals surface area contributed by atoms with Gasteiger partial charge in [-0.2, -0.15) is 0 Å². The van der Waals surface area contributed by atoms with Gasteiger partial charge in [0, 0.05) is 0 Å². The highest BCUT2D eigenvalue weighted by Crippen LogP contribution is 2.28. The number of hydrogen-bond donors (Lipinski definition) is 1. The van der Waals surface area contributed by atoms with Gasteiger partial charge in [-0.25, -0.2) is 0 Å². The van der Waals surface area contributed by atoms with Crippen LogP contribution in [0.4, 0.5) is 5.69 Å². The number of benzene rings is 1. The van der Waals surface area contributed by atoms with E-state index in [2.05, 4.69) is 5.32 Å². The van der Waals surface area contributed by atoms with Crippen LogP contribution >= 0.6 is 0 Å². The molecule has 0 radical (unpaired) electrons. The monoisotopic (exact) mass is 177 g/mol. The zero-order chi connectivity index (χ0) is 9.26. The van der Waals surface area contributed by atoms with Crippen molar-refractivity contribution in [2.24, 2.45) is 0 Å². The molecular weight excluding hydrogens is 166 g/mol. The van der Waals surface area contributed by atoms with Gasteiger partial charge in [0.1, 0.15) is 24.7 Å². The maximum absolute atomic E-state index is 10.5. The van der Waals surface area contributed by atoms with E-state index in [1.54, 1.807) is 0 Å². The van der Waals surface area contributed by atoms with Crippen LogP contribution in [0.25, 0.3) is 0 Å².